The van der Waals surface area contributed by atoms with Crippen LogP contribution in [0.15, 0.2) is 23.8 Å². The Bertz CT molecular complexity index is 759. The van der Waals surface area contributed by atoms with E-state index in [1.54, 1.807) is 5.57 Å². The summed E-state index contributed by atoms with van der Waals surface area (Å²) < 4.78 is 6.58. The van der Waals surface area contributed by atoms with Gasteiger partial charge >= 0.3 is 0 Å². The molecule has 0 bridgehead atoms. The minimum Gasteiger partial charge on any atom is -0.414 e. The van der Waals surface area contributed by atoms with Gasteiger partial charge in [-0.2, -0.15) is 0 Å². The number of fused-ring (bicyclic) bond motifs is 5. The summed E-state index contributed by atoms with van der Waals surface area (Å²) in [7, 11) is -1.46. The molecular weight excluding hydrogens is 416 g/mol. The van der Waals surface area contributed by atoms with E-state index in [9.17, 15) is 0 Å². The molecule has 0 saturated heterocycles. The monoisotopic (exact) mass is 470 g/mol. The van der Waals surface area contributed by atoms with Gasteiger partial charge in [0.25, 0.3) is 0 Å². The minimum atomic E-state index is -1.46. The van der Waals surface area contributed by atoms with E-state index in [0.29, 0.717) is 22.9 Å². The number of hydrogen-bond acceptors (Lipinski definition) is 1. The van der Waals surface area contributed by atoms with Gasteiger partial charge in [-0.3, -0.25) is 0 Å². The molecule has 2 heteroatoms. The lowest BCUT2D eigenvalue weighted by atomic mass is 9.47. The molecule has 0 amide bonds. The Kier molecular flexibility index (Phi) is 7.23. The summed E-state index contributed by atoms with van der Waals surface area (Å²) in [5.74, 6) is 5.18. The first-order valence-electron chi connectivity index (χ1n) is 14.4. The van der Waals surface area contributed by atoms with Crippen molar-refractivity contribution < 1.29 is 4.43 Å². The Balaban J connectivity index is 1.46. The summed E-state index contributed by atoms with van der Waals surface area (Å²) >= 11 is 0. The van der Waals surface area contributed by atoms with E-state index >= 15 is 0 Å². The molecular formula is C31H54OSi. The molecule has 3 saturated carbocycles. The van der Waals surface area contributed by atoms with Crippen LogP contribution >= 0.6 is 0 Å². The van der Waals surface area contributed by atoms with Gasteiger partial charge < -0.3 is 4.43 Å². The Hall–Kier alpha value is -0.343. The fourth-order valence-corrected chi connectivity index (χ4v) is 10.3. The number of allylic oxidation sites excluding steroid dienone is 2. The zero-order valence-electron chi connectivity index (χ0n) is 23.3. The highest BCUT2D eigenvalue weighted by Crippen LogP contribution is 2.67. The zero-order valence-corrected chi connectivity index (χ0v) is 24.3. The average molecular weight is 471 g/mol. The summed E-state index contributed by atoms with van der Waals surface area (Å²) in [4.78, 5) is 0. The standard InChI is InChI=1S/C31H54OSi/c1-21(2)22(3)10-11-23(4)27-14-15-28-26-13-12-24-20-25(32-33(7,8)9)16-18-30(24,5)29(26)17-19-31(27,28)6/h12,21,23,25-29H,3,10-11,13-20H2,1-2,4-9H3/t23-,25+,26+,27-,28+,29+,30+,31-/m1/s1. The van der Waals surface area contributed by atoms with Crippen LogP contribution in [-0.2, 0) is 4.43 Å². The first kappa shape index (κ1) is 25.7. The molecule has 1 nitrogen and oxygen atoms in total. The van der Waals surface area contributed by atoms with Crippen molar-refractivity contribution in [2.24, 2.45) is 46.3 Å². The molecule has 4 aliphatic carbocycles. The summed E-state index contributed by atoms with van der Waals surface area (Å²) in [6.45, 7) is 23.9. The third-order valence-corrected chi connectivity index (χ3v) is 12.1. The highest BCUT2D eigenvalue weighted by atomic mass is 28.4. The van der Waals surface area contributed by atoms with Crippen molar-refractivity contribution in [2.75, 3.05) is 0 Å². The van der Waals surface area contributed by atoms with Crippen LogP contribution in [0.25, 0.3) is 0 Å². The molecule has 0 aliphatic heterocycles. The van der Waals surface area contributed by atoms with Gasteiger partial charge in [-0.1, -0.05) is 58.4 Å². The van der Waals surface area contributed by atoms with Gasteiger partial charge in [0.1, 0.15) is 0 Å². The summed E-state index contributed by atoms with van der Waals surface area (Å²) in [6.07, 6.45) is 16.9. The van der Waals surface area contributed by atoms with Crippen LogP contribution in [-0.4, -0.2) is 14.4 Å². The second-order valence-electron chi connectivity index (χ2n) is 14.4. The Morgan fingerprint density at radius 1 is 1.06 bits per heavy atom. The van der Waals surface area contributed by atoms with Crippen LogP contribution in [0.3, 0.4) is 0 Å². The molecule has 0 aromatic carbocycles. The van der Waals surface area contributed by atoms with Crippen LogP contribution in [0.4, 0.5) is 0 Å². The third kappa shape index (κ3) is 4.86. The van der Waals surface area contributed by atoms with E-state index in [1.165, 1.54) is 69.8 Å². The molecule has 0 aromatic rings. The first-order valence-corrected chi connectivity index (χ1v) is 17.8. The molecule has 0 radical (unpaired) electrons. The fraction of sp³-hybridized carbons (Fsp3) is 0.871. The van der Waals surface area contributed by atoms with Crippen molar-refractivity contribution in [3.05, 3.63) is 23.8 Å². The van der Waals surface area contributed by atoms with Gasteiger partial charge in [0.15, 0.2) is 8.32 Å². The molecule has 0 unspecified atom stereocenters. The highest BCUT2D eigenvalue weighted by molar-refractivity contribution is 6.69. The van der Waals surface area contributed by atoms with Crippen LogP contribution in [0.2, 0.25) is 19.6 Å². The Morgan fingerprint density at radius 2 is 1.79 bits per heavy atom. The summed E-state index contributed by atoms with van der Waals surface area (Å²) in [6, 6.07) is 0. The van der Waals surface area contributed by atoms with Crippen LogP contribution < -0.4 is 0 Å². The highest BCUT2D eigenvalue weighted by Gasteiger charge is 2.59. The van der Waals surface area contributed by atoms with Crippen molar-refractivity contribution in [1.29, 1.82) is 0 Å². The minimum absolute atomic E-state index is 0.447. The lowest BCUT2D eigenvalue weighted by molar-refractivity contribution is -0.0561. The lowest BCUT2D eigenvalue weighted by Crippen LogP contribution is -2.51. The van der Waals surface area contributed by atoms with Crippen molar-refractivity contribution in [1.82, 2.24) is 0 Å². The van der Waals surface area contributed by atoms with Crippen LogP contribution in [0, 0.1) is 46.3 Å². The Labute approximate surface area is 207 Å². The predicted octanol–water partition coefficient (Wildman–Crippen LogP) is 9.41. The summed E-state index contributed by atoms with van der Waals surface area (Å²) in [5.41, 5.74) is 4.25. The van der Waals surface area contributed by atoms with Gasteiger partial charge in [-0.15, -0.1) is 0 Å². The molecule has 0 heterocycles. The average Bonchev–Trinajstić information content (AvgIpc) is 3.08. The van der Waals surface area contributed by atoms with Crippen molar-refractivity contribution in [2.45, 2.75) is 125 Å². The molecule has 4 aliphatic rings. The maximum Gasteiger partial charge on any atom is 0.184 e. The Morgan fingerprint density at radius 3 is 2.45 bits per heavy atom. The maximum absolute atomic E-state index is 6.58. The largest absolute Gasteiger partial charge is 0.414 e. The van der Waals surface area contributed by atoms with Gasteiger partial charge in [-0.05, 0) is 130 Å². The smallest absolute Gasteiger partial charge is 0.184 e. The first-order chi connectivity index (χ1) is 15.3. The lowest BCUT2D eigenvalue weighted by Gasteiger charge is -2.58. The topological polar surface area (TPSA) is 9.23 Å². The van der Waals surface area contributed by atoms with Crippen LogP contribution in [0.1, 0.15) is 98.8 Å². The zero-order chi connectivity index (χ0) is 24.2. The molecule has 4 rings (SSSR count). The fourth-order valence-electron chi connectivity index (χ4n) is 9.11. The predicted molar refractivity (Wildman–Crippen MR) is 146 cm³/mol. The second kappa shape index (κ2) is 9.27. The molecule has 0 N–H and O–H groups in total. The number of hydrogen-bond donors (Lipinski definition) is 0. The summed E-state index contributed by atoms with van der Waals surface area (Å²) in [5, 5.41) is 0. The van der Waals surface area contributed by atoms with Crippen LogP contribution in [0.5, 0.6) is 0 Å². The maximum atomic E-state index is 6.58. The van der Waals surface area contributed by atoms with E-state index in [-0.39, 0.29) is 0 Å². The molecule has 8 atom stereocenters. The normalized spacial score (nSPS) is 41.7. The molecule has 0 aromatic heterocycles. The van der Waals surface area contributed by atoms with E-state index < -0.39 is 8.32 Å². The van der Waals surface area contributed by atoms with E-state index in [4.69, 9.17) is 4.43 Å². The van der Waals surface area contributed by atoms with E-state index in [1.807, 2.05) is 0 Å². The molecule has 3 fully saturated rings. The van der Waals surface area contributed by atoms with Gasteiger partial charge in [-0.25, -0.2) is 0 Å². The van der Waals surface area contributed by atoms with E-state index in [0.717, 1.165) is 29.6 Å². The van der Waals surface area contributed by atoms with Gasteiger partial charge in [0.2, 0.25) is 0 Å². The number of rotatable bonds is 7. The van der Waals surface area contributed by atoms with Crippen molar-refractivity contribution >= 4 is 8.32 Å². The second-order valence-corrected chi connectivity index (χ2v) is 18.9. The third-order valence-electron chi connectivity index (χ3n) is 11.1. The quantitative estimate of drug-likeness (QED) is 0.266. The molecule has 33 heavy (non-hydrogen) atoms. The SMILES string of the molecule is C=C(CC[C@@H](C)[C@H]1CC[C@H]2[C@@H]3CC=C4C[C@@H](O[Si](C)(C)C)CC[C@]4(C)[C@H]3CC[C@]12C)C(C)C. The van der Waals surface area contributed by atoms with Gasteiger partial charge in [0.05, 0.1) is 0 Å². The van der Waals surface area contributed by atoms with E-state index in [2.05, 4.69) is 66.9 Å². The van der Waals surface area contributed by atoms with Crippen molar-refractivity contribution in [3.63, 3.8) is 0 Å². The molecule has 0 spiro atoms. The van der Waals surface area contributed by atoms with Crippen molar-refractivity contribution in [3.8, 4) is 0 Å². The van der Waals surface area contributed by atoms with Gasteiger partial charge in [0, 0.05) is 6.10 Å². The molecule has 188 valence electrons.